The standard InChI is InChI=1S/C20H34N4O4.HI/c1-20(2,3)28-19(25)24-13-12-23-18(21-4)22-11-7-8-15-9-10-16(26-5)17(14-15)27-6;/h9-10,14H,7-8,11-13H2,1-6H3,(H,24,25)(H2,21,22,23);1H. The third-order valence-electron chi connectivity index (χ3n) is 3.69. The number of carbonyl (C=O) groups excluding carboxylic acids is 1. The van der Waals surface area contributed by atoms with Crippen LogP contribution in [0.3, 0.4) is 0 Å². The third kappa shape index (κ3) is 11.6. The molecule has 0 saturated heterocycles. The number of rotatable bonds is 9. The van der Waals surface area contributed by atoms with Gasteiger partial charge in [0.1, 0.15) is 5.60 Å². The van der Waals surface area contributed by atoms with Gasteiger partial charge in [0.05, 0.1) is 14.2 Å². The highest BCUT2D eigenvalue weighted by atomic mass is 127. The van der Waals surface area contributed by atoms with Crippen LogP contribution >= 0.6 is 24.0 Å². The smallest absolute Gasteiger partial charge is 0.407 e. The zero-order chi connectivity index (χ0) is 21.0. The molecule has 0 aliphatic carbocycles. The van der Waals surface area contributed by atoms with Gasteiger partial charge < -0.3 is 30.2 Å². The fourth-order valence-corrected chi connectivity index (χ4v) is 2.42. The molecule has 0 radical (unpaired) electrons. The normalized spacial score (nSPS) is 11.2. The van der Waals surface area contributed by atoms with Gasteiger partial charge in [-0.25, -0.2) is 4.79 Å². The lowest BCUT2D eigenvalue weighted by atomic mass is 10.1. The largest absolute Gasteiger partial charge is 0.493 e. The molecule has 29 heavy (non-hydrogen) atoms. The van der Waals surface area contributed by atoms with Gasteiger partial charge in [0, 0.05) is 26.7 Å². The summed E-state index contributed by atoms with van der Waals surface area (Å²) in [5.74, 6) is 2.16. The van der Waals surface area contributed by atoms with Crippen molar-refractivity contribution in [1.29, 1.82) is 0 Å². The van der Waals surface area contributed by atoms with Crippen LogP contribution in [0, 0.1) is 0 Å². The van der Waals surface area contributed by atoms with Gasteiger partial charge in [-0.2, -0.15) is 0 Å². The number of nitrogens with zero attached hydrogens (tertiary/aromatic N) is 1. The maximum Gasteiger partial charge on any atom is 0.407 e. The fourth-order valence-electron chi connectivity index (χ4n) is 2.42. The van der Waals surface area contributed by atoms with E-state index in [0.29, 0.717) is 19.0 Å². The molecule has 0 spiro atoms. The Hall–Kier alpha value is -1.91. The van der Waals surface area contributed by atoms with E-state index in [4.69, 9.17) is 14.2 Å². The van der Waals surface area contributed by atoms with E-state index in [9.17, 15) is 4.79 Å². The number of hydrogen-bond donors (Lipinski definition) is 3. The fraction of sp³-hybridized carbons (Fsp3) is 0.600. The third-order valence-corrected chi connectivity index (χ3v) is 3.69. The monoisotopic (exact) mass is 522 g/mol. The summed E-state index contributed by atoms with van der Waals surface area (Å²) in [6, 6.07) is 5.95. The average Bonchev–Trinajstić information content (AvgIpc) is 2.65. The number of hydrogen-bond acceptors (Lipinski definition) is 5. The van der Waals surface area contributed by atoms with Gasteiger partial charge in [0.15, 0.2) is 17.5 Å². The second kappa shape index (κ2) is 14.1. The Morgan fingerprint density at radius 1 is 1.00 bits per heavy atom. The molecule has 0 atom stereocenters. The Morgan fingerprint density at radius 3 is 2.21 bits per heavy atom. The number of amides is 1. The van der Waals surface area contributed by atoms with Crippen LogP contribution in [-0.2, 0) is 11.2 Å². The second-order valence-electron chi connectivity index (χ2n) is 7.15. The summed E-state index contributed by atoms with van der Waals surface area (Å²) in [6.45, 7) is 7.26. The van der Waals surface area contributed by atoms with Crippen molar-refractivity contribution in [3.63, 3.8) is 0 Å². The maximum absolute atomic E-state index is 11.6. The number of aryl methyl sites for hydroxylation is 1. The van der Waals surface area contributed by atoms with E-state index in [2.05, 4.69) is 20.9 Å². The molecule has 0 aliphatic rings. The van der Waals surface area contributed by atoms with E-state index in [1.165, 1.54) is 5.56 Å². The van der Waals surface area contributed by atoms with Crippen molar-refractivity contribution in [2.24, 2.45) is 4.99 Å². The summed E-state index contributed by atoms with van der Waals surface area (Å²) in [5, 5.41) is 9.11. The highest BCUT2D eigenvalue weighted by Crippen LogP contribution is 2.27. The lowest BCUT2D eigenvalue weighted by molar-refractivity contribution is 0.0529. The Bertz CT molecular complexity index is 648. The van der Waals surface area contributed by atoms with E-state index >= 15 is 0 Å². The summed E-state index contributed by atoms with van der Waals surface area (Å²) in [4.78, 5) is 15.8. The summed E-state index contributed by atoms with van der Waals surface area (Å²) in [6.07, 6.45) is 1.42. The van der Waals surface area contributed by atoms with Gasteiger partial charge in [-0.3, -0.25) is 4.99 Å². The molecule has 1 aromatic rings. The van der Waals surface area contributed by atoms with Gasteiger partial charge >= 0.3 is 6.09 Å². The number of aliphatic imine (C=N–C) groups is 1. The van der Waals surface area contributed by atoms with Crippen LogP contribution in [0.4, 0.5) is 4.79 Å². The first-order chi connectivity index (χ1) is 13.3. The van der Waals surface area contributed by atoms with Crippen molar-refractivity contribution in [1.82, 2.24) is 16.0 Å². The van der Waals surface area contributed by atoms with Gasteiger partial charge in [-0.15, -0.1) is 24.0 Å². The van der Waals surface area contributed by atoms with E-state index < -0.39 is 11.7 Å². The molecule has 3 N–H and O–H groups in total. The minimum absolute atomic E-state index is 0. The van der Waals surface area contributed by atoms with Crippen molar-refractivity contribution in [2.75, 3.05) is 40.9 Å². The van der Waals surface area contributed by atoms with E-state index in [-0.39, 0.29) is 24.0 Å². The van der Waals surface area contributed by atoms with E-state index in [1.54, 1.807) is 21.3 Å². The molecule has 0 aliphatic heterocycles. The summed E-state index contributed by atoms with van der Waals surface area (Å²) < 4.78 is 15.8. The molecular formula is C20H35IN4O4. The summed E-state index contributed by atoms with van der Waals surface area (Å²) in [5.41, 5.74) is 0.687. The molecule has 0 unspecified atom stereocenters. The molecule has 1 rings (SSSR count). The van der Waals surface area contributed by atoms with Crippen molar-refractivity contribution in [3.8, 4) is 11.5 Å². The highest BCUT2D eigenvalue weighted by Gasteiger charge is 2.15. The molecular weight excluding hydrogens is 487 g/mol. The summed E-state index contributed by atoms with van der Waals surface area (Å²) >= 11 is 0. The van der Waals surface area contributed by atoms with Crippen molar-refractivity contribution < 1.29 is 19.0 Å². The number of guanidine groups is 1. The molecule has 0 fully saturated rings. The first kappa shape index (κ1) is 27.1. The predicted octanol–water partition coefficient (Wildman–Crippen LogP) is 2.94. The van der Waals surface area contributed by atoms with Crippen LogP contribution in [0.2, 0.25) is 0 Å². The predicted molar refractivity (Wildman–Crippen MR) is 127 cm³/mol. The number of ether oxygens (including phenoxy) is 3. The topological polar surface area (TPSA) is 93.2 Å². The van der Waals surface area contributed by atoms with Crippen LogP contribution in [0.5, 0.6) is 11.5 Å². The lowest BCUT2D eigenvalue weighted by Gasteiger charge is -2.19. The van der Waals surface area contributed by atoms with Gasteiger partial charge in [-0.1, -0.05) is 6.07 Å². The number of benzene rings is 1. The molecule has 8 nitrogen and oxygen atoms in total. The molecule has 1 amide bonds. The Labute approximate surface area is 191 Å². The van der Waals surface area contributed by atoms with Crippen LogP contribution in [-0.4, -0.2) is 58.6 Å². The van der Waals surface area contributed by atoms with Gasteiger partial charge in [0.25, 0.3) is 0 Å². The molecule has 0 heterocycles. The van der Waals surface area contributed by atoms with Crippen molar-refractivity contribution in [2.45, 2.75) is 39.2 Å². The SMILES string of the molecule is CN=C(NCCCc1ccc(OC)c(OC)c1)NCCNC(=O)OC(C)(C)C.I. The van der Waals surface area contributed by atoms with Gasteiger partial charge in [-0.05, 0) is 51.3 Å². The van der Waals surface area contributed by atoms with Crippen molar-refractivity contribution in [3.05, 3.63) is 23.8 Å². The van der Waals surface area contributed by atoms with Crippen LogP contribution in [0.1, 0.15) is 32.8 Å². The zero-order valence-electron chi connectivity index (χ0n) is 18.3. The Balaban J connectivity index is 0.00000784. The first-order valence-corrected chi connectivity index (χ1v) is 9.41. The molecule has 0 saturated carbocycles. The van der Waals surface area contributed by atoms with Crippen LogP contribution in [0.15, 0.2) is 23.2 Å². The van der Waals surface area contributed by atoms with Crippen molar-refractivity contribution >= 4 is 36.0 Å². The number of carbonyl (C=O) groups is 1. The Morgan fingerprint density at radius 2 is 1.62 bits per heavy atom. The quantitative estimate of drug-likeness (QED) is 0.200. The second-order valence-corrected chi connectivity index (χ2v) is 7.15. The highest BCUT2D eigenvalue weighted by molar-refractivity contribution is 14.0. The molecule has 0 aromatic heterocycles. The number of halogens is 1. The number of nitrogens with one attached hydrogen (secondary N) is 3. The van der Waals surface area contributed by atoms with Gasteiger partial charge in [0.2, 0.25) is 0 Å². The zero-order valence-corrected chi connectivity index (χ0v) is 20.6. The minimum atomic E-state index is -0.497. The summed E-state index contributed by atoms with van der Waals surface area (Å²) in [7, 11) is 4.98. The molecule has 9 heteroatoms. The first-order valence-electron chi connectivity index (χ1n) is 9.41. The molecule has 0 bridgehead atoms. The number of alkyl carbamates (subject to hydrolysis) is 1. The van der Waals surface area contributed by atoms with E-state index in [1.807, 2.05) is 39.0 Å². The van der Waals surface area contributed by atoms with Crippen LogP contribution in [0.25, 0.3) is 0 Å². The van der Waals surface area contributed by atoms with Crippen LogP contribution < -0.4 is 25.4 Å². The molecule has 166 valence electrons. The molecule has 1 aromatic carbocycles. The average molecular weight is 522 g/mol. The maximum atomic E-state index is 11.6. The lowest BCUT2D eigenvalue weighted by Crippen LogP contribution is -2.42. The number of methoxy groups -OCH3 is 2. The Kier molecular flexibility index (Phi) is 13.2. The minimum Gasteiger partial charge on any atom is -0.493 e. The van der Waals surface area contributed by atoms with E-state index in [0.717, 1.165) is 30.9 Å².